The van der Waals surface area contributed by atoms with Gasteiger partial charge in [-0.25, -0.2) is 4.68 Å². The molecule has 0 unspecified atom stereocenters. The zero-order chi connectivity index (χ0) is 17.4. The van der Waals surface area contributed by atoms with Crippen LogP contribution in [0.2, 0.25) is 0 Å². The minimum absolute atomic E-state index is 0.137. The number of carboxylic acids is 1. The van der Waals surface area contributed by atoms with E-state index in [2.05, 4.69) is 15.6 Å². The Morgan fingerprint density at radius 2 is 2.08 bits per heavy atom. The Balaban J connectivity index is 1.73. The molecule has 9 heteroatoms. The van der Waals surface area contributed by atoms with Crippen LogP contribution in [0.3, 0.4) is 0 Å². The lowest BCUT2D eigenvalue weighted by atomic mass is 10.3. The van der Waals surface area contributed by atoms with Gasteiger partial charge in [0.15, 0.2) is 0 Å². The highest BCUT2D eigenvalue weighted by Gasteiger charge is 2.07. The Labute approximate surface area is 143 Å². The first kappa shape index (κ1) is 17.8. The summed E-state index contributed by atoms with van der Waals surface area (Å²) >= 11 is 1.42. The summed E-state index contributed by atoms with van der Waals surface area (Å²) in [7, 11) is 0. The molecule has 0 radical (unpaired) electrons. The molecule has 1 aromatic heterocycles. The molecule has 1 heterocycles. The quantitative estimate of drug-likeness (QED) is 0.654. The smallest absolute Gasteiger partial charge is 0.325 e. The zero-order valence-corrected chi connectivity index (χ0v) is 14.0. The van der Waals surface area contributed by atoms with Crippen LogP contribution >= 0.6 is 11.8 Å². The molecular formula is C15H18N4O4S. The van der Waals surface area contributed by atoms with Gasteiger partial charge < -0.3 is 15.2 Å². The summed E-state index contributed by atoms with van der Waals surface area (Å²) in [5.41, 5.74) is 0.510. The summed E-state index contributed by atoms with van der Waals surface area (Å²) in [6, 6.07) is 7.54. The number of ether oxygens (including phenoxy) is 1. The van der Waals surface area contributed by atoms with Crippen molar-refractivity contribution in [1.29, 1.82) is 0 Å². The number of benzene rings is 1. The molecule has 2 rings (SSSR count). The van der Waals surface area contributed by atoms with Crippen LogP contribution in [0.4, 0.5) is 0 Å². The second-order valence-electron chi connectivity index (χ2n) is 4.77. The number of hydrogen-bond acceptors (Lipinski definition) is 6. The number of nitrogens with one attached hydrogen (secondary N) is 1. The van der Waals surface area contributed by atoms with Gasteiger partial charge in [-0.3, -0.25) is 9.59 Å². The lowest BCUT2D eigenvalue weighted by molar-refractivity contribution is -0.137. The van der Waals surface area contributed by atoms with Crippen LogP contribution in [-0.4, -0.2) is 44.3 Å². The van der Waals surface area contributed by atoms with Crippen molar-refractivity contribution in [2.45, 2.75) is 24.9 Å². The fourth-order valence-electron chi connectivity index (χ4n) is 1.82. The highest BCUT2D eigenvalue weighted by molar-refractivity contribution is 8.00. The van der Waals surface area contributed by atoms with Crippen LogP contribution in [0.5, 0.6) is 5.75 Å². The number of nitrogens with zero attached hydrogens (tertiary/aromatic N) is 3. The third-order valence-corrected chi connectivity index (χ3v) is 3.87. The van der Waals surface area contributed by atoms with Gasteiger partial charge in [0, 0.05) is 4.90 Å². The molecule has 8 nitrogen and oxygen atoms in total. The van der Waals surface area contributed by atoms with Gasteiger partial charge in [0.2, 0.25) is 5.91 Å². The summed E-state index contributed by atoms with van der Waals surface area (Å²) in [6.07, 6.45) is 1.49. The van der Waals surface area contributed by atoms with Crippen molar-refractivity contribution >= 4 is 23.6 Å². The molecule has 0 atom stereocenters. The molecule has 2 aromatic rings. The van der Waals surface area contributed by atoms with E-state index in [9.17, 15) is 9.59 Å². The number of carboxylic acid groups (broad SMARTS) is 1. The third kappa shape index (κ3) is 5.92. The number of hydrogen-bond donors (Lipinski definition) is 2. The predicted octanol–water partition coefficient (Wildman–Crippen LogP) is 1.17. The van der Waals surface area contributed by atoms with E-state index < -0.39 is 5.97 Å². The number of thioether (sulfide) groups is 1. The number of aliphatic carboxylic acids is 1. The number of aromatic nitrogens is 3. The highest BCUT2D eigenvalue weighted by atomic mass is 32.2. The van der Waals surface area contributed by atoms with Gasteiger partial charge in [0.25, 0.3) is 0 Å². The maximum atomic E-state index is 11.8. The average molecular weight is 350 g/mol. The van der Waals surface area contributed by atoms with Gasteiger partial charge in [-0.2, -0.15) is 0 Å². The molecule has 0 saturated heterocycles. The van der Waals surface area contributed by atoms with Crippen molar-refractivity contribution in [3.05, 3.63) is 36.2 Å². The Morgan fingerprint density at radius 3 is 2.75 bits per heavy atom. The van der Waals surface area contributed by atoms with E-state index in [1.807, 2.05) is 31.2 Å². The topological polar surface area (TPSA) is 106 Å². The van der Waals surface area contributed by atoms with Crippen molar-refractivity contribution in [3.63, 3.8) is 0 Å². The Kier molecular flexibility index (Phi) is 6.62. The van der Waals surface area contributed by atoms with Crippen LogP contribution in [0, 0.1) is 0 Å². The van der Waals surface area contributed by atoms with Crippen molar-refractivity contribution < 1.29 is 19.4 Å². The molecule has 0 aliphatic carbocycles. The standard InChI is InChI=1S/C15H18N4O4S/c1-2-23-12-3-5-13(6-4-12)24-10-14(20)16-7-11-8-19(18-17-11)9-15(21)22/h3-6,8H,2,7,9-10H2,1H3,(H,16,20)(H,21,22). The minimum Gasteiger partial charge on any atom is -0.494 e. The summed E-state index contributed by atoms with van der Waals surface area (Å²) in [5.74, 6) is -0.0586. The minimum atomic E-state index is -0.998. The van der Waals surface area contributed by atoms with Gasteiger partial charge in [0.1, 0.15) is 18.0 Å². The van der Waals surface area contributed by atoms with Crippen molar-refractivity contribution in [2.75, 3.05) is 12.4 Å². The first-order valence-corrected chi connectivity index (χ1v) is 8.28. The lowest BCUT2D eigenvalue weighted by Crippen LogP contribution is -2.24. The van der Waals surface area contributed by atoms with Crippen molar-refractivity contribution in [2.24, 2.45) is 0 Å². The Bertz CT molecular complexity index is 687. The molecule has 2 N–H and O–H groups in total. The number of amides is 1. The molecule has 1 aromatic carbocycles. The summed E-state index contributed by atoms with van der Waals surface area (Å²) in [4.78, 5) is 23.4. The van der Waals surface area contributed by atoms with E-state index >= 15 is 0 Å². The predicted molar refractivity (Wildman–Crippen MR) is 87.8 cm³/mol. The van der Waals surface area contributed by atoms with E-state index in [-0.39, 0.29) is 24.7 Å². The SMILES string of the molecule is CCOc1ccc(SCC(=O)NCc2cn(CC(=O)O)nn2)cc1. The van der Waals surface area contributed by atoms with Crippen LogP contribution in [0.1, 0.15) is 12.6 Å². The summed E-state index contributed by atoms with van der Waals surface area (Å²) < 4.78 is 6.57. The van der Waals surface area contributed by atoms with Gasteiger partial charge in [-0.15, -0.1) is 16.9 Å². The normalized spacial score (nSPS) is 10.4. The molecule has 128 valence electrons. The van der Waals surface area contributed by atoms with E-state index in [0.717, 1.165) is 10.6 Å². The molecule has 0 fully saturated rings. The summed E-state index contributed by atoms with van der Waals surface area (Å²) in [6.45, 7) is 2.50. The van der Waals surface area contributed by atoms with Gasteiger partial charge >= 0.3 is 5.97 Å². The van der Waals surface area contributed by atoms with Crippen LogP contribution in [0.25, 0.3) is 0 Å². The molecule has 24 heavy (non-hydrogen) atoms. The molecule has 1 amide bonds. The van der Waals surface area contributed by atoms with E-state index in [0.29, 0.717) is 12.3 Å². The van der Waals surface area contributed by atoms with E-state index in [1.54, 1.807) is 0 Å². The molecule has 0 spiro atoms. The summed E-state index contributed by atoms with van der Waals surface area (Å²) in [5, 5.41) is 18.8. The fourth-order valence-corrected chi connectivity index (χ4v) is 2.55. The molecule has 0 aliphatic heterocycles. The van der Waals surface area contributed by atoms with E-state index in [1.165, 1.54) is 22.6 Å². The lowest BCUT2D eigenvalue weighted by Gasteiger charge is -2.05. The van der Waals surface area contributed by atoms with Crippen molar-refractivity contribution in [3.8, 4) is 5.75 Å². The average Bonchev–Trinajstić information content (AvgIpc) is 2.99. The maximum absolute atomic E-state index is 11.8. The number of rotatable bonds is 9. The Hall–Kier alpha value is -2.55. The first-order valence-electron chi connectivity index (χ1n) is 7.30. The van der Waals surface area contributed by atoms with Gasteiger partial charge in [0.05, 0.1) is 25.1 Å². The van der Waals surface area contributed by atoms with Crippen molar-refractivity contribution in [1.82, 2.24) is 20.3 Å². The Morgan fingerprint density at radius 1 is 1.33 bits per heavy atom. The van der Waals surface area contributed by atoms with Gasteiger partial charge in [-0.05, 0) is 31.2 Å². The first-order chi connectivity index (χ1) is 11.6. The second kappa shape index (κ2) is 8.92. The van der Waals surface area contributed by atoms with Crippen LogP contribution in [0.15, 0.2) is 35.4 Å². The largest absolute Gasteiger partial charge is 0.494 e. The van der Waals surface area contributed by atoms with Gasteiger partial charge in [-0.1, -0.05) is 5.21 Å². The van der Waals surface area contributed by atoms with E-state index in [4.69, 9.17) is 9.84 Å². The zero-order valence-electron chi connectivity index (χ0n) is 13.1. The number of carbonyl (C=O) groups is 2. The fraction of sp³-hybridized carbons (Fsp3) is 0.333. The monoisotopic (exact) mass is 350 g/mol. The second-order valence-corrected chi connectivity index (χ2v) is 5.82. The highest BCUT2D eigenvalue weighted by Crippen LogP contribution is 2.21. The molecular weight excluding hydrogens is 332 g/mol. The number of carbonyl (C=O) groups excluding carboxylic acids is 1. The maximum Gasteiger partial charge on any atom is 0.325 e. The molecule has 0 bridgehead atoms. The molecule has 0 aliphatic rings. The van der Waals surface area contributed by atoms with Crippen LogP contribution in [-0.2, 0) is 22.7 Å². The third-order valence-electron chi connectivity index (χ3n) is 2.85. The molecule has 0 saturated carbocycles. The van der Waals surface area contributed by atoms with Crippen LogP contribution < -0.4 is 10.1 Å².